The largest absolute Gasteiger partial charge is 0.497 e. The van der Waals surface area contributed by atoms with E-state index in [4.69, 9.17) is 14.6 Å². The zero-order valence-corrected chi connectivity index (χ0v) is 18.1. The topological polar surface area (TPSA) is 78.3 Å². The number of carbonyl (C=O) groups excluding carboxylic acids is 1. The number of aromatic nitrogens is 3. The van der Waals surface area contributed by atoms with Gasteiger partial charge < -0.3 is 14.8 Å². The predicted molar refractivity (Wildman–Crippen MR) is 122 cm³/mol. The van der Waals surface area contributed by atoms with E-state index in [9.17, 15) is 4.79 Å². The number of pyridine rings is 1. The first-order valence-corrected chi connectivity index (χ1v) is 10.2. The van der Waals surface area contributed by atoms with E-state index in [1.165, 1.54) is 0 Å². The molecule has 2 heterocycles. The second kappa shape index (κ2) is 9.34. The van der Waals surface area contributed by atoms with Gasteiger partial charge in [-0.1, -0.05) is 24.3 Å². The molecule has 1 atom stereocenters. The number of rotatable bonds is 7. The summed E-state index contributed by atoms with van der Waals surface area (Å²) in [6.45, 7) is 1.90. The summed E-state index contributed by atoms with van der Waals surface area (Å²) in [4.78, 5) is 17.7. The molecule has 7 heteroatoms. The van der Waals surface area contributed by atoms with Crippen LogP contribution in [-0.4, -0.2) is 34.9 Å². The van der Waals surface area contributed by atoms with Gasteiger partial charge in [-0.25, -0.2) is 4.68 Å². The molecule has 0 spiro atoms. The van der Waals surface area contributed by atoms with E-state index in [2.05, 4.69) is 10.3 Å². The van der Waals surface area contributed by atoms with Crippen molar-refractivity contribution in [3.05, 3.63) is 90.4 Å². The first-order chi connectivity index (χ1) is 15.6. The van der Waals surface area contributed by atoms with E-state index in [-0.39, 0.29) is 11.9 Å². The summed E-state index contributed by atoms with van der Waals surface area (Å²) < 4.78 is 12.6. The highest BCUT2D eigenvalue weighted by atomic mass is 16.5. The zero-order valence-electron chi connectivity index (χ0n) is 18.1. The van der Waals surface area contributed by atoms with Gasteiger partial charge in [0.25, 0.3) is 5.91 Å². The lowest BCUT2D eigenvalue weighted by atomic mass is 10.1. The number of ether oxygens (including phenoxy) is 2. The average Bonchev–Trinajstić information content (AvgIpc) is 3.30. The van der Waals surface area contributed by atoms with Crippen LogP contribution in [0.3, 0.4) is 0 Å². The summed E-state index contributed by atoms with van der Waals surface area (Å²) in [6, 6.07) is 20.4. The molecular formula is C25H24N4O3. The van der Waals surface area contributed by atoms with Gasteiger partial charge in [-0.2, -0.15) is 5.10 Å². The van der Waals surface area contributed by atoms with E-state index in [1.54, 1.807) is 43.4 Å². The normalized spacial score (nSPS) is 11.6. The van der Waals surface area contributed by atoms with Crippen LogP contribution in [0.15, 0.2) is 79.1 Å². The summed E-state index contributed by atoms with van der Waals surface area (Å²) >= 11 is 0. The van der Waals surface area contributed by atoms with Gasteiger partial charge in [-0.3, -0.25) is 9.78 Å². The Morgan fingerprint density at radius 3 is 2.47 bits per heavy atom. The lowest BCUT2D eigenvalue weighted by Gasteiger charge is -2.14. The van der Waals surface area contributed by atoms with Gasteiger partial charge in [0, 0.05) is 18.0 Å². The number of amides is 1. The predicted octanol–water partition coefficient (Wildman–Crippen LogP) is 4.44. The van der Waals surface area contributed by atoms with Gasteiger partial charge in [0.05, 0.1) is 37.2 Å². The second-order valence-electron chi connectivity index (χ2n) is 7.19. The van der Waals surface area contributed by atoms with Gasteiger partial charge in [0.15, 0.2) is 0 Å². The summed E-state index contributed by atoms with van der Waals surface area (Å²) in [5.41, 5.74) is 3.19. The van der Waals surface area contributed by atoms with Gasteiger partial charge >= 0.3 is 0 Å². The molecule has 0 aliphatic heterocycles. The quantitative estimate of drug-likeness (QED) is 0.471. The van der Waals surface area contributed by atoms with Crippen molar-refractivity contribution in [1.29, 1.82) is 0 Å². The molecule has 32 heavy (non-hydrogen) atoms. The van der Waals surface area contributed by atoms with Crippen molar-refractivity contribution < 1.29 is 14.3 Å². The Morgan fingerprint density at radius 2 is 1.78 bits per heavy atom. The molecule has 0 aliphatic carbocycles. The number of hydrogen-bond acceptors (Lipinski definition) is 5. The van der Waals surface area contributed by atoms with Gasteiger partial charge in [-0.05, 0) is 49.4 Å². The van der Waals surface area contributed by atoms with E-state index in [0.717, 1.165) is 11.4 Å². The number of nitrogens with zero attached hydrogens (tertiary/aromatic N) is 3. The Bertz CT molecular complexity index is 1210. The smallest absolute Gasteiger partial charge is 0.255 e. The first kappa shape index (κ1) is 21.1. The fraction of sp³-hybridized carbons (Fsp3) is 0.160. The van der Waals surface area contributed by atoms with Crippen molar-refractivity contribution >= 4 is 5.91 Å². The summed E-state index contributed by atoms with van der Waals surface area (Å²) in [5.74, 6) is 0.976. The third-order valence-electron chi connectivity index (χ3n) is 5.12. The van der Waals surface area contributed by atoms with Crippen molar-refractivity contribution in [2.45, 2.75) is 13.0 Å². The maximum absolute atomic E-state index is 13.4. The highest BCUT2D eigenvalue weighted by Crippen LogP contribution is 2.35. The highest BCUT2D eigenvalue weighted by molar-refractivity contribution is 6.00. The Balaban J connectivity index is 1.79. The van der Waals surface area contributed by atoms with E-state index in [1.807, 2.05) is 61.5 Å². The van der Waals surface area contributed by atoms with Crippen molar-refractivity contribution in [2.24, 2.45) is 0 Å². The van der Waals surface area contributed by atoms with Crippen LogP contribution < -0.4 is 14.8 Å². The fourth-order valence-electron chi connectivity index (χ4n) is 3.43. The van der Waals surface area contributed by atoms with Crippen molar-refractivity contribution in [2.75, 3.05) is 14.2 Å². The molecule has 7 nitrogen and oxygen atoms in total. The molecule has 0 saturated carbocycles. The third kappa shape index (κ3) is 4.32. The Morgan fingerprint density at radius 1 is 1.00 bits per heavy atom. The number of carbonyl (C=O) groups is 1. The maximum atomic E-state index is 13.4. The minimum atomic E-state index is -0.274. The van der Waals surface area contributed by atoms with E-state index >= 15 is 0 Å². The van der Waals surface area contributed by atoms with Crippen LogP contribution in [0.2, 0.25) is 0 Å². The summed E-state index contributed by atoms with van der Waals surface area (Å²) in [6.07, 6.45) is 3.43. The molecule has 4 aromatic rings. The number of methoxy groups -OCH3 is 2. The minimum Gasteiger partial charge on any atom is -0.497 e. The number of para-hydroxylation sites is 1. The van der Waals surface area contributed by atoms with Gasteiger partial charge in [-0.15, -0.1) is 0 Å². The Labute approximate surface area is 186 Å². The fourth-order valence-corrected chi connectivity index (χ4v) is 3.43. The third-order valence-corrected chi connectivity index (χ3v) is 5.12. The molecule has 1 amide bonds. The maximum Gasteiger partial charge on any atom is 0.255 e. The number of hydrogen-bond donors (Lipinski definition) is 1. The summed E-state index contributed by atoms with van der Waals surface area (Å²) in [7, 11) is 3.18. The van der Waals surface area contributed by atoms with Crippen molar-refractivity contribution in [3.63, 3.8) is 0 Å². The molecule has 2 aromatic carbocycles. The molecule has 0 aliphatic rings. The van der Waals surface area contributed by atoms with Crippen molar-refractivity contribution in [3.8, 4) is 28.4 Å². The molecule has 1 unspecified atom stereocenters. The molecule has 0 saturated heterocycles. The average molecular weight is 428 g/mol. The van der Waals surface area contributed by atoms with Crippen LogP contribution in [0, 0.1) is 0 Å². The summed E-state index contributed by atoms with van der Waals surface area (Å²) in [5, 5.41) is 7.77. The molecule has 1 N–H and O–H groups in total. The van der Waals surface area contributed by atoms with Crippen LogP contribution >= 0.6 is 0 Å². The van der Waals surface area contributed by atoms with E-state index in [0.29, 0.717) is 28.3 Å². The molecular weight excluding hydrogens is 404 g/mol. The molecule has 4 rings (SSSR count). The molecule has 0 fully saturated rings. The Kier molecular flexibility index (Phi) is 6.17. The second-order valence-corrected chi connectivity index (χ2v) is 7.19. The van der Waals surface area contributed by atoms with Gasteiger partial charge in [0.1, 0.15) is 17.2 Å². The molecule has 0 radical (unpaired) electrons. The lowest BCUT2D eigenvalue weighted by molar-refractivity contribution is 0.0939. The Hall–Kier alpha value is -4.13. The molecule has 2 aromatic heterocycles. The van der Waals surface area contributed by atoms with Crippen LogP contribution in [-0.2, 0) is 0 Å². The lowest BCUT2D eigenvalue weighted by Crippen LogP contribution is -2.27. The van der Waals surface area contributed by atoms with Crippen molar-refractivity contribution in [1.82, 2.24) is 20.1 Å². The van der Waals surface area contributed by atoms with Crippen LogP contribution in [0.1, 0.15) is 29.0 Å². The van der Waals surface area contributed by atoms with E-state index < -0.39 is 0 Å². The first-order valence-electron chi connectivity index (χ1n) is 10.2. The van der Waals surface area contributed by atoms with Gasteiger partial charge in [0.2, 0.25) is 0 Å². The monoisotopic (exact) mass is 428 g/mol. The number of nitrogens with one attached hydrogen (secondary N) is 1. The number of benzene rings is 2. The standard InChI is InChI=1S/C25H24N4O3/c1-17(22-11-7-8-14-26-22)27-25(30)21-16-29(18-9-5-4-6-10-18)28-24(21)20-15-19(31-2)12-13-23(20)32-3/h4-17H,1-3H3,(H,27,30). The minimum absolute atomic E-state index is 0.259. The van der Waals surface area contributed by atoms with Crippen LogP contribution in [0.4, 0.5) is 0 Å². The molecule has 162 valence electrons. The van der Waals surface area contributed by atoms with Crippen LogP contribution in [0.5, 0.6) is 11.5 Å². The highest BCUT2D eigenvalue weighted by Gasteiger charge is 2.23. The SMILES string of the molecule is COc1ccc(OC)c(-c2nn(-c3ccccc3)cc2C(=O)NC(C)c2ccccn2)c1. The molecule has 0 bridgehead atoms. The zero-order chi connectivity index (χ0) is 22.5. The van der Waals surface area contributed by atoms with Crippen LogP contribution in [0.25, 0.3) is 16.9 Å².